The van der Waals surface area contributed by atoms with E-state index in [9.17, 15) is 18.0 Å². The molecule has 0 atom stereocenters. The molecule has 0 aliphatic heterocycles. The third kappa shape index (κ3) is 6.69. The maximum Gasteiger partial charge on any atom is 0.251 e. The predicted molar refractivity (Wildman–Crippen MR) is 113 cm³/mol. The van der Waals surface area contributed by atoms with Crippen molar-refractivity contribution in [3.05, 3.63) is 59.7 Å². The lowest BCUT2D eigenvalue weighted by Crippen LogP contribution is -2.34. The first-order valence-corrected chi connectivity index (χ1v) is 10.7. The summed E-state index contributed by atoms with van der Waals surface area (Å²) in [6.07, 6.45) is 0. The zero-order valence-corrected chi connectivity index (χ0v) is 17.9. The highest BCUT2D eigenvalue weighted by atomic mass is 32.2. The van der Waals surface area contributed by atoms with Gasteiger partial charge in [-0.1, -0.05) is 44.5 Å². The maximum atomic E-state index is 12.3. The van der Waals surface area contributed by atoms with E-state index in [-0.39, 0.29) is 29.8 Å². The minimum atomic E-state index is -3.62. The highest BCUT2D eigenvalue weighted by Crippen LogP contribution is 2.18. The van der Waals surface area contributed by atoms with Crippen molar-refractivity contribution < 1.29 is 18.0 Å². The van der Waals surface area contributed by atoms with Gasteiger partial charge in [0.15, 0.2) is 0 Å². The van der Waals surface area contributed by atoms with E-state index < -0.39 is 15.4 Å². The fourth-order valence-electron chi connectivity index (χ4n) is 2.32. The lowest BCUT2D eigenvalue weighted by molar-refractivity contribution is -0.123. The molecule has 0 fully saturated rings. The Hall–Kier alpha value is -2.71. The first kappa shape index (κ1) is 22.6. The van der Waals surface area contributed by atoms with E-state index in [1.54, 1.807) is 57.2 Å². The molecule has 2 aromatic carbocycles. The highest BCUT2D eigenvalue weighted by Gasteiger charge is 2.21. The monoisotopic (exact) mass is 417 g/mol. The normalized spacial score (nSPS) is 11.7. The minimum absolute atomic E-state index is 0.0579. The molecule has 0 aliphatic carbocycles. The molecule has 0 unspecified atom stereocenters. The second kappa shape index (κ2) is 9.19. The predicted octanol–water partition coefficient (Wildman–Crippen LogP) is 2.69. The Morgan fingerprint density at radius 1 is 0.966 bits per heavy atom. The zero-order valence-electron chi connectivity index (χ0n) is 17.1. The van der Waals surface area contributed by atoms with E-state index >= 15 is 0 Å². The molecule has 29 heavy (non-hydrogen) atoms. The van der Waals surface area contributed by atoms with Gasteiger partial charge in [0.05, 0.1) is 4.90 Å². The number of benzene rings is 2. The fourth-order valence-corrected chi connectivity index (χ4v) is 3.35. The van der Waals surface area contributed by atoms with Gasteiger partial charge in [0.1, 0.15) is 0 Å². The summed E-state index contributed by atoms with van der Waals surface area (Å²) >= 11 is 0. The van der Waals surface area contributed by atoms with Gasteiger partial charge in [-0.25, -0.2) is 13.1 Å². The van der Waals surface area contributed by atoms with Gasteiger partial charge in [0, 0.05) is 29.8 Å². The number of hydrogen-bond donors (Lipinski definition) is 3. The van der Waals surface area contributed by atoms with E-state index in [1.807, 2.05) is 6.92 Å². The third-order valence-corrected chi connectivity index (χ3v) is 5.57. The van der Waals surface area contributed by atoms with Crippen molar-refractivity contribution in [2.75, 3.05) is 18.4 Å². The molecule has 8 heteroatoms. The summed E-state index contributed by atoms with van der Waals surface area (Å²) in [5, 5.41) is 5.44. The van der Waals surface area contributed by atoms with Crippen LogP contribution in [-0.2, 0) is 14.8 Å². The molecule has 0 bridgehead atoms. The molecule has 0 heterocycles. The van der Waals surface area contributed by atoms with Crippen LogP contribution >= 0.6 is 0 Å². The van der Waals surface area contributed by atoms with Gasteiger partial charge >= 0.3 is 0 Å². The van der Waals surface area contributed by atoms with Gasteiger partial charge in [0.2, 0.25) is 15.9 Å². The molecule has 3 N–H and O–H groups in total. The van der Waals surface area contributed by atoms with Crippen LogP contribution in [0.2, 0.25) is 0 Å². The number of hydrogen-bond acceptors (Lipinski definition) is 4. The summed E-state index contributed by atoms with van der Waals surface area (Å²) in [6, 6.07) is 13.1. The van der Waals surface area contributed by atoms with Gasteiger partial charge in [-0.2, -0.15) is 0 Å². The largest absolute Gasteiger partial charge is 0.351 e. The second-order valence-corrected chi connectivity index (χ2v) is 9.52. The van der Waals surface area contributed by atoms with Crippen molar-refractivity contribution in [3.63, 3.8) is 0 Å². The van der Waals surface area contributed by atoms with Crippen LogP contribution in [0, 0.1) is 12.3 Å². The number of aryl methyl sites for hydroxylation is 1. The van der Waals surface area contributed by atoms with Gasteiger partial charge < -0.3 is 10.6 Å². The lowest BCUT2D eigenvalue weighted by atomic mass is 9.95. The van der Waals surface area contributed by atoms with Gasteiger partial charge in [-0.05, 0) is 37.3 Å². The molecule has 0 spiro atoms. The van der Waals surface area contributed by atoms with Crippen molar-refractivity contribution >= 4 is 27.5 Å². The Morgan fingerprint density at radius 2 is 1.62 bits per heavy atom. The summed E-state index contributed by atoms with van der Waals surface area (Å²) in [5.74, 6) is -0.507. The molecule has 0 saturated carbocycles. The van der Waals surface area contributed by atoms with Crippen molar-refractivity contribution in [2.24, 2.45) is 5.41 Å². The SMILES string of the molecule is Cc1ccc(S(=O)(=O)NCCNC(=O)c2cccc(NC(=O)C(C)(C)C)c2)cc1. The average molecular weight is 418 g/mol. The van der Waals surface area contributed by atoms with Crippen molar-refractivity contribution in [1.29, 1.82) is 0 Å². The Kier molecular flexibility index (Phi) is 7.16. The number of carbonyl (C=O) groups excluding carboxylic acids is 2. The number of amides is 2. The van der Waals surface area contributed by atoms with E-state index in [0.29, 0.717) is 11.3 Å². The number of rotatable bonds is 7. The molecule has 7 nitrogen and oxygen atoms in total. The molecule has 0 aromatic heterocycles. The van der Waals surface area contributed by atoms with Gasteiger partial charge in [-0.3, -0.25) is 9.59 Å². The topological polar surface area (TPSA) is 104 Å². The quantitative estimate of drug-likeness (QED) is 0.603. The van der Waals surface area contributed by atoms with Gasteiger partial charge in [0.25, 0.3) is 5.91 Å². The molecular weight excluding hydrogens is 390 g/mol. The van der Waals surface area contributed by atoms with Crippen LogP contribution in [0.4, 0.5) is 5.69 Å². The standard InChI is InChI=1S/C21H27N3O4S/c1-15-8-10-18(11-9-15)29(27,28)23-13-12-22-19(25)16-6-5-7-17(14-16)24-20(26)21(2,3)4/h5-11,14,23H,12-13H2,1-4H3,(H,22,25)(H,24,26). The maximum absolute atomic E-state index is 12.3. The number of sulfonamides is 1. The van der Waals surface area contributed by atoms with Crippen LogP contribution in [0.15, 0.2) is 53.4 Å². The van der Waals surface area contributed by atoms with Gasteiger partial charge in [-0.15, -0.1) is 0 Å². The Balaban J connectivity index is 1.89. The van der Waals surface area contributed by atoms with E-state index in [4.69, 9.17) is 0 Å². The highest BCUT2D eigenvalue weighted by molar-refractivity contribution is 7.89. The van der Waals surface area contributed by atoms with Crippen LogP contribution in [0.5, 0.6) is 0 Å². The fraction of sp³-hybridized carbons (Fsp3) is 0.333. The zero-order chi connectivity index (χ0) is 21.7. The molecule has 0 radical (unpaired) electrons. The first-order valence-electron chi connectivity index (χ1n) is 9.25. The second-order valence-electron chi connectivity index (χ2n) is 7.75. The van der Waals surface area contributed by atoms with E-state index in [0.717, 1.165) is 5.56 Å². The van der Waals surface area contributed by atoms with Crippen LogP contribution in [0.3, 0.4) is 0 Å². The minimum Gasteiger partial charge on any atom is -0.351 e. The molecule has 0 saturated heterocycles. The average Bonchev–Trinajstić information content (AvgIpc) is 2.65. The van der Waals surface area contributed by atoms with Crippen LogP contribution < -0.4 is 15.4 Å². The number of carbonyl (C=O) groups is 2. The van der Waals surface area contributed by atoms with Crippen molar-refractivity contribution in [3.8, 4) is 0 Å². The Bertz CT molecular complexity index is 978. The molecular formula is C21H27N3O4S. The Labute approximate surface area is 172 Å². The summed E-state index contributed by atoms with van der Waals surface area (Å²) in [4.78, 5) is 24.6. The number of nitrogens with one attached hydrogen (secondary N) is 3. The molecule has 2 aromatic rings. The Morgan fingerprint density at radius 3 is 2.24 bits per heavy atom. The summed E-state index contributed by atoms with van der Waals surface area (Å²) in [6.45, 7) is 7.47. The van der Waals surface area contributed by atoms with Crippen LogP contribution in [0.25, 0.3) is 0 Å². The first-order chi connectivity index (χ1) is 13.5. The molecule has 2 amide bonds. The van der Waals surface area contributed by atoms with Crippen LogP contribution in [0.1, 0.15) is 36.7 Å². The van der Waals surface area contributed by atoms with Crippen molar-refractivity contribution in [2.45, 2.75) is 32.6 Å². The van der Waals surface area contributed by atoms with Crippen LogP contribution in [-0.4, -0.2) is 33.3 Å². The van der Waals surface area contributed by atoms with E-state index in [2.05, 4.69) is 15.4 Å². The molecule has 0 aliphatic rings. The smallest absolute Gasteiger partial charge is 0.251 e. The lowest BCUT2D eigenvalue weighted by Gasteiger charge is -2.18. The summed E-state index contributed by atoms with van der Waals surface area (Å²) < 4.78 is 26.9. The summed E-state index contributed by atoms with van der Waals surface area (Å²) in [5.41, 5.74) is 1.32. The number of anilines is 1. The summed E-state index contributed by atoms with van der Waals surface area (Å²) in [7, 11) is -3.62. The molecule has 156 valence electrons. The third-order valence-electron chi connectivity index (χ3n) is 4.10. The molecule has 2 rings (SSSR count). The van der Waals surface area contributed by atoms with Crippen molar-refractivity contribution in [1.82, 2.24) is 10.0 Å². The van der Waals surface area contributed by atoms with E-state index in [1.165, 1.54) is 12.1 Å².